The molecule has 5 heteroatoms. The third kappa shape index (κ3) is 15.7. The van der Waals surface area contributed by atoms with E-state index in [4.69, 9.17) is 0 Å². The molecule has 0 amide bonds. The summed E-state index contributed by atoms with van der Waals surface area (Å²) in [5.74, 6) is 0. The fourth-order valence-electron chi connectivity index (χ4n) is 0. The number of hydrogen-bond acceptors (Lipinski definition) is 2. The molecule has 47 valence electrons. The molecular formula is C3H11BO2PU. The quantitative estimate of drug-likeness (QED) is 0.517. The van der Waals surface area contributed by atoms with Gasteiger partial charge in [0.1, 0.15) is 0 Å². The molecule has 0 fully saturated rings. The molecular weight excluding hydrogens is 348 g/mol. The van der Waals surface area contributed by atoms with Crippen LogP contribution in [0.5, 0.6) is 0 Å². The molecule has 0 saturated heterocycles. The zero-order valence-corrected chi connectivity index (χ0v) is 10.4. The van der Waals surface area contributed by atoms with Crippen LogP contribution in [0.25, 0.3) is 0 Å². The Morgan fingerprint density at radius 3 is 1.62 bits per heavy atom. The van der Waals surface area contributed by atoms with E-state index in [0.717, 1.165) is 0 Å². The average Bonchev–Trinajstić information content (AvgIpc) is 1.35. The maximum absolute atomic E-state index is 10.4. The van der Waals surface area contributed by atoms with Crippen LogP contribution in [0.4, 0.5) is 0 Å². The minimum absolute atomic E-state index is 0. The molecule has 2 nitrogen and oxygen atoms in total. The standard InChI is InChI=1S/C3H9O2P.B.U.H2/c1-5-6(2,3)4;;;/h1-3H3;;;1H. The normalized spacial score (nSPS) is 8.88. The van der Waals surface area contributed by atoms with Crippen molar-refractivity contribution in [3.8, 4) is 0 Å². The Labute approximate surface area is 77.6 Å². The van der Waals surface area contributed by atoms with Gasteiger partial charge >= 0.3 is 0 Å². The summed E-state index contributed by atoms with van der Waals surface area (Å²) in [6.45, 7) is 3.15. The molecule has 0 rings (SSSR count). The van der Waals surface area contributed by atoms with Crippen molar-refractivity contribution in [2.45, 2.75) is 0 Å². The van der Waals surface area contributed by atoms with Crippen LogP contribution in [-0.4, -0.2) is 28.9 Å². The van der Waals surface area contributed by atoms with Gasteiger partial charge in [-0.05, 0) is 0 Å². The van der Waals surface area contributed by atoms with Crippen molar-refractivity contribution in [3.05, 3.63) is 0 Å². The average molecular weight is 359 g/mol. The summed E-state index contributed by atoms with van der Waals surface area (Å²) in [4.78, 5) is 0. The summed E-state index contributed by atoms with van der Waals surface area (Å²) in [5, 5.41) is 0. The zero-order chi connectivity index (χ0) is 5.21. The number of hydrogen-bond donors (Lipinski definition) is 0. The molecule has 0 aliphatic carbocycles. The molecule has 0 heterocycles. The van der Waals surface area contributed by atoms with Crippen LogP contribution in [0.3, 0.4) is 0 Å². The van der Waals surface area contributed by atoms with E-state index in [2.05, 4.69) is 4.52 Å². The molecule has 0 N–H and O–H groups in total. The Kier molecular flexibility index (Phi) is 13.0. The van der Waals surface area contributed by atoms with Gasteiger partial charge in [-0.2, -0.15) is 0 Å². The van der Waals surface area contributed by atoms with Gasteiger partial charge in [0.15, 0.2) is 7.37 Å². The topological polar surface area (TPSA) is 26.3 Å². The van der Waals surface area contributed by atoms with Crippen LogP contribution >= 0.6 is 7.37 Å². The minimum Gasteiger partial charge on any atom is -0.332 e. The Hall–Kier alpha value is 1.31. The molecule has 0 unspecified atom stereocenters. The summed E-state index contributed by atoms with van der Waals surface area (Å²) in [6, 6.07) is 0. The van der Waals surface area contributed by atoms with E-state index < -0.39 is 7.37 Å². The molecule has 0 bridgehead atoms. The zero-order valence-electron chi connectivity index (χ0n) is 5.34. The Bertz CT molecular complexity index is 85.9. The van der Waals surface area contributed by atoms with Crippen LogP contribution in [-0.2, 0) is 9.09 Å². The molecule has 0 saturated carbocycles. The molecule has 0 atom stereocenters. The monoisotopic (exact) mass is 359 g/mol. The third-order valence-electron chi connectivity index (χ3n) is 0.440. The molecule has 0 aliphatic heterocycles. The van der Waals surface area contributed by atoms with Gasteiger partial charge in [-0.25, -0.2) is 0 Å². The second kappa shape index (κ2) is 6.43. The van der Waals surface area contributed by atoms with Crippen molar-refractivity contribution in [1.29, 1.82) is 0 Å². The van der Waals surface area contributed by atoms with Crippen molar-refractivity contribution in [1.82, 2.24) is 0 Å². The molecule has 0 aromatic heterocycles. The number of rotatable bonds is 1. The van der Waals surface area contributed by atoms with Crippen molar-refractivity contribution < 1.29 is 41.6 Å². The molecule has 0 spiro atoms. The van der Waals surface area contributed by atoms with E-state index in [0.29, 0.717) is 0 Å². The van der Waals surface area contributed by atoms with E-state index >= 15 is 0 Å². The Morgan fingerprint density at radius 1 is 1.50 bits per heavy atom. The van der Waals surface area contributed by atoms with Gasteiger partial charge in [0.25, 0.3) is 0 Å². The molecule has 8 heavy (non-hydrogen) atoms. The smallest absolute Gasteiger partial charge is 0.196 e. The van der Waals surface area contributed by atoms with Crippen molar-refractivity contribution in [2.24, 2.45) is 0 Å². The van der Waals surface area contributed by atoms with Gasteiger partial charge < -0.3 is 4.52 Å². The predicted molar refractivity (Wildman–Crippen MR) is 34.3 cm³/mol. The second-order valence-corrected chi connectivity index (χ2v) is 4.30. The Balaban J connectivity index is -0.0000000417. The largest absolute Gasteiger partial charge is 0.332 e. The van der Waals surface area contributed by atoms with Crippen LogP contribution in [0, 0.1) is 31.1 Å². The van der Waals surface area contributed by atoms with Gasteiger partial charge in [0, 0.05) is 61.4 Å². The summed E-state index contributed by atoms with van der Waals surface area (Å²) < 4.78 is 14.9. The van der Waals surface area contributed by atoms with Gasteiger partial charge in [-0.15, -0.1) is 0 Å². The van der Waals surface area contributed by atoms with Crippen LogP contribution in [0.15, 0.2) is 0 Å². The summed E-state index contributed by atoms with van der Waals surface area (Å²) in [6.07, 6.45) is 0. The first kappa shape index (κ1) is 16.1. The van der Waals surface area contributed by atoms with E-state index in [1.54, 1.807) is 13.3 Å². The Morgan fingerprint density at radius 2 is 1.62 bits per heavy atom. The van der Waals surface area contributed by atoms with Gasteiger partial charge in [-0.3, -0.25) is 4.57 Å². The molecule has 0 aromatic rings. The first-order valence-electron chi connectivity index (χ1n) is 1.67. The van der Waals surface area contributed by atoms with E-state index in [1.807, 2.05) is 0 Å². The van der Waals surface area contributed by atoms with Gasteiger partial charge in [0.05, 0.1) is 0 Å². The minimum atomic E-state index is -2.15. The summed E-state index contributed by atoms with van der Waals surface area (Å²) in [7, 11) is -0.701. The molecule has 3 radical (unpaired) electrons. The first-order valence-corrected chi connectivity index (χ1v) is 4.19. The second-order valence-electron chi connectivity index (χ2n) is 1.43. The fourth-order valence-corrected chi connectivity index (χ4v) is 0. The van der Waals surface area contributed by atoms with E-state index in [9.17, 15) is 4.57 Å². The predicted octanol–water partition coefficient (Wildman–Crippen LogP) is 1.04. The SMILES string of the molecule is COP(C)(C)=O.[B].[HH].[U]. The van der Waals surface area contributed by atoms with Crippen molar-refractivity contribution in [2.75, 3.05) is 20.4 Å². The summed E-state index contributed by atoms with van der Waals surface area (Å²) >= 11 is 0. The molecule has 0 aliphatic rings. The fraction of sp³-hybridized carbons (Fsp3) is 1.00. The maximum atomic E-state index is 10.4. The van der Waals surface area contributed by atoms with E-state index in [1.165, 1.54) is 7.11 Å². The van der Waals surface area contributed by atoms with E-state index in [-0.39, 0.29) is 41.0 Å². The third-order valence-corrected chi connectivity index (χ3v) is 1.32. The van der Waals surface area contributed by atoms with Crippen molar-refractivity contribution >= 4 is 15.8 Å². The summed E-state index contributed by atoms with van der Waals surface area (Å²) in [5.41, 5.74) is 0. The first-order chi connectivity index (χ1) is 2.56. The maximum Gasteiger partial charge on any atom is 0.196 e. The van der Waals surface area contributed by atoms with Crippen LogP contribution < -0.4 is 0 Å². The van der Waals surface area contributed by atoms with Crippen molar-refractivity contribution in [3.63, 3.8) is 0 Å². The van der Waals surface area contributed by atoms with Gasteiger partial charge in [0.2, 0.25) is 0 Å². The van der Waals surface area contributed by atoms with Crippen LogP contribution in [0.2, 0.25) is 0 Å². The van der Waals surface area contributed by atoms with Gasteiger partial charge in [-0.1, -0.05) is 0 Å². The van der Waals surface area contributed by atoms with Crippen LogP contribution in [0.1, 0.15) is 1.43 Å². The molecule has 0 aromatic carbocycles.